The molecule has 0 aliphatic heterocycles. The van der Waals surface area contributed by atoms with Gasteiger partial charge in [0, 0.05) is 23.7 Å². The predicted octanol–water partition coefficient (Wildman–Crippen LogP) is 4.91. The van der Waals surface area contributed by atoms with Gasteiger partial charge in [0.2, 0.25) is 0 Å². The smallest absolute Gasteiger partial charge is 0.339 e. The highest BCUT2D eigenvalue weighted by Crippen LogP contribution is 2.31. The largest absolute Gasteiger partial charge is 0.376 e. The molecule has 0 aliphatic carbocycles. The molecule has 4 rings (SSSR count). The first-order valence-electron chi connectivity index (χ1n) is 9.68. The molecular weight excluding hydrogens is 396 g/mol. The number of benzene rings is 3. The minimum atomic E-state index is -3.97. The molecule has 4 aromatic rings. The van der Waals surface area contributed by atoms with Crippen molar-refractivity contribution in [3.8, 4) is 5.75 Å². The summed E-state index contributed by atoms with van der Waals surface area (Å²) in [6.45, 7) is 2.49. The Labute approximate surface area is 176 Å². The number of nitrogens with one attached hydrogen (secondary N) is 1. The van der Waals surface area contributed by atoms with E-state index in [0.29, 0.717) is 17.6 Å². The van der Waals surface area contributed by atoms with Gasteiger partial charge in [-0.3, -0.25) is 4.99 Å². The summed E-state index contributed by atoms with van der Waals surface area (Å²) in [6, 6.07) is 24.1. The SMILES string of the molecule is Cc1ccc(S(=O)(=O)Oc2c(C=NCCc3ccccc3)[nH]c3ccccc23)cc1. The molecule has 1 N–H and O–H groups in total. The second kappa shape index (κ2) is 8.55. The third-order valence-corrected chi connectivity index (χ3v) is 6.02. The van der Waals surface area contributed by atoms with Crippen molar-refractivity contribution in [2.45, 2.75) is 18.2 Å². The fraction of sp³-hybridized carbons (Fsp3) is 0.125. The standard InChI is InChI=1S/C24H22N2O3S/c1-18-11-13-20(14-12-18)30(27,28)29-24-21-9-5-6-10-22(21)26-23(24)17-25-16-15-19-7-3-2-4-8-19/h2-14,17,26H,15-16H2,1H3. The first kappa shape index (κ1) is 19.9. The van der Waals surface area contributed by atoms with Crippen molar-refractivity contribution < 1.29 is 12.6 Å². The Kier molecular flexibility index (Phi) is 5.68. The fourth-order valence-electron chi connectivity index (χ4n) is 3.17. The Hall–Kier alpha value is -3.38. The van der Waals surface area contributed by atoms with E-state index in [-0.39, 0.29) is 10.6 Å². The van der Waals surface area contributed by atoms with Crippen LogP contribution in [0.2, 0.25) is 0 Å². The van der Waals surface area contributed by atoms with E-state index in [4.69, 9.17) is 4.18 Å². The van der Waals surface area contributed by atoms with E-state index in [2.05, 4.69) is 22.1 Å². The molecule has 6 heteroatoms. The van der Waals surface area contributed by atoms with Gasteiger partial charge in [0.05, 0.1) is 0 Å². The van der Waals surface area contributed by atoms with Crippen LogP contribution in [0, 0.1) is 6.92 Å². The second-order valence-corrected chi connectivity index (χ2v) is 8.58. The zero-order chi connectivity index (χ0) is 21.0. The maximum atomic E-state index is 12.8. The molecule has 5 nitrogen and oxygen atoms in total. The molecule has 152 valence electrons. The number of aromatic amines is 1. The van der Waals surface area contributed by atoms with E-state index in [1.807, 2.05) is 49.4 Å². The van der Waals surface area contributed by atoms with Gasteiger partial charge >= 0.3 is 10.1 Å². The van der Waals surface area contributed by atoms with Gasteiger partial charge in [0.25, 0.3) is 0 Å². The Balaban J connectivity index is 1.61. The highest BCUT2D eigenvalue weighted by molar-refractivity contribution is 7.87. The number of hydrogen-bond acceptors (Lipinski definition) is 4. The Bertz CT molecular complexity index is 1280. The summed E-state index contributed by atoms with van der Waals surface area (Å²) >= 11 is 0. The lowest BCUT2D eigenvalue weighted by atomic mass is 10.2. The van der Waals surface area contributed by atoms with Crippen LogP contribution >= 0.6 is 0 Å². The molecule has 1 heterocycles. The van der Waals surface area contributed by atoms with Crippen molar-refractivity contribution in [2.75, 3.05) is 6.54 Å². The van der Waals surface area contributed by atoms with Gasteiger partial charge in [-0.05, 0) is 43.2 Å². The van der Waals surface area contributed by atoms with Gasteiger partial charge in [-0.1, -0.05) is 60.2 Å². The molecule has 3 aromatic carbocycles. The van der Waals surface area contributed by atoms with E-state index in [1.165, 1.54) is 5.56 Å². The summed E-state index contributed by atoms with van der Waals surface area (Å²) in [5.74, 6) is 0.259. The van der Waals surface area contributed by atoms with Crippen LogP contribution in [-0.4, -0.2) is 26.2 Å². The van der Waals surface area contributed by atoms with Crippen molar-refractivity contribution in [1.82, 2.24) is 4.98 Å². The number of rotatable bonds is 7. The van der Waals surface area contributed by atoms with Crippen molar-refractivity contribution >= 4 is 27.2 Å². The average Bonchev–Trinajstić information content (AvgIpc) is 3.09. The summed E-state index contributed by atoms with van der Waals surface area (Å²) in [5.41, 5.74) is 3.49. The highest BCUT2D eigenvalue weighted by Gasteiger charge is 2.21. The van der Waals surface area contributed by atoms with Gasteiger partial charge in [-0.15, -0.1) is 0 Å². The van der Waals surface area contributed by atoms with Crippen LogP contribution in [0.25, 0.3) is 10.9 Å². The number of fused-ring (bicyclic) bond motifs is 1. The molecule has 0 atom stereocenters. The number of aliphatic imine (C=N–C) groups is 1. The van der Waals surface area contributed by atoms with Crippen molar-refractivity contribution in [3.05, 3.63) is 95.7 Å². The van der Waals surface area contributed by atoms with Crippen molar-refractivity contribution in [2.24, 2.45) is 4.99 Å². The van der Waals surface area contributed by atoms with Gasteiger partial charge in [0.15, 0.2) is 5.75 Å². The molecule has 30 heavy (non-hydrogen) atoms. The molecule has 0 amide bonds. The average molecular weight is 419 g/mol. The molecule has 0 fully saturated rings. The minimum absolute atomic E-state index is 0.116. The topological polar surface area (TPSA) is 71.5 Å². The van der Waals surface area contributed by atoms with Gasteiger partial charge in [-0.2, -0.15) is 8.42 Å². The maximum absolute atomic E-state index is 12.8. The monoisotopic (exact) mass is 418 g/mol. The summed E-state index contributed by atoms with van der Waals surface area (Å²) in [5, 5.41) is 0.692. The maximum Gasteiger partial charge on any atom is 0.339 e. The van der Waals surface area contributed by atoms with E-state index in [1.54, 1.807) is 30.5 Å². The summed E-state index contributed by atoms with van der Waals surface area (Å²) in [4.78, 5) is 7.80. The third-order valence-electron chi connectivity index (χ3n) is 4.78. The van der Waals surface area contributed by atoms with E-state index < -0.39 is 10.1 Å². The Morgan fingerprint density at radius 2 is 1.63 bits per heavy atom. The van der Waals surface area contributed by atoms with Crippen LogP contribution in [0.3, 0.4) is 0 Å². The minimum Gasteiger partial charge on any atom is -0.376 e. The number of hydrogen-bond donors (Lipinski definition) is 1. The second-order valence-electron chi connectivity index (χ2n) is 7.03. The van der Waals surface area contributed by atoms with E-state index in [0.717, 1.165) is 17.5 Å². The van der Waals surface area contributed by atoms with Crippen LogP contribution in [0.15, 0.2) is 88.8 Å². The van der Waals surface area contributed by atoms with Gasteiger partial charge < -0.3 is 9.17 Å². The lowest BCUT2D eigenvalue weighted by Crippen LogP contribution is -2.10. The number of aryl methyl sites for hydroxylation is 1. The molecule has 0 bridgehead atoms. The summed E-state index contributed by atoms with van der Waals surface area (Å²) < 4.78 is 31.3. The number of nitrogens with zero attached hydrogens (tertiary/aromatic N) is 1. The zero-order valence-electron chi connectivity index (χ0n) is 16.6. The lowest BCUT2D eigenvalue weighted by molar-refractivity contribution is 0.488. The van der Waals surface area contributed by atoms with Crippen LogP contribution in [0.4, 0.5) is 0 Å². The van der Waals surface area contributed by atoms with E-state index in [9.17, 15) is 8.42 Å². The van der Waals surface area contributed by atoms with Crippen LogP contribution in [0.5, 0.6) is 5.75 Å². The molecule has 0 radical (unpaired) electrons. The number of H-pyrrole nitrogens is 1. The first-order chi connectivity index (χ1) is 14.5. The molecule has 0 saturated carbocycles. The van der Waals surface area contributed by atoms with Crippen LogP contribution in [-0.2, 0) is 16.5 Å². The Morgan fingerprint density at radius 1 is 0.933 bits per heavy atom. The molecule has 0 saturated heterocycles. The third kappa shape index (κ3) is 4.44. The molecular formula is C24H22N2O3S. The van der Waals surface area contributed by atoms with Gasteiger partial charge in [-0.25, -0.2) is 0 Å². The predicted molar refractivity (Wildman–Crippen MR) is 120 cm³/mol. The first-order valence-corrected chi connectivity index (χ1v) is 11.1. The van der Waals surface area contributed by atoms with E-state index >= 15 is 0 Å². The quantitative estimate of drug-likeness (QED) is 0.343. The fourth-order valence-corrected chi connectivity index (χ4v) is 4.14. The van der Waals surface area contributed by atoms with Crippen molar-refractivity contribution in [1.29, 1.82) is 0 Å². The summed E-state index contributed by atoms with van der Waals surface area (Å²) in [6.07, 6.45) is 2.44. The summed E-state index contributed by atoms with van der Waals surface area (Å²) in [7, 11) is -3.97. The molecule has 0 unspecified atom stereocenters. The van der Waals surface area contributed by atoms with Crippen LogP contribution < -0.4 is 4.18 Å². The Morgan fingerprint density at radius 3 is 2.40 bits per heavy atom. The lowest BCUT2D eigenvalue weighted by Gasteiger charge is -2.07. The number of para-hydroxylation sites is 1. The van der Waals surface area contributed by atoms with Crippen molar-refractivity contribution in [3.63, 3.8) is 0 Å². The molecule has 1 aromatic heterocycles. The molecule has 0 aliphatic rings. The number of aromatic nitrogens is 1. The van der Waals surface area contributed by atoms with Crippen LogP contribution in [0.1, 0.15) is 16.8 Å². The normalized spacial score (nSPS) is 11.9. The zero-order valence-corrected chi connectivity index (χ0v) is 17.4. The molecule has 0 spiro atoms. The highest BCUT2D eigenvalue weighted by atomic mass is 32.2. The van der Waals surface area contributed by atoms with Gasteiger partial charge in [0.1, 0.15) is 10.6 Å².